The molecule has 0 radical (unpaired) electrons. The van der Waals surface area contributed by atoms with Crippen LogP contribution in [0.5, 0.6) is 0 Å². The van der Waals surface area contributed by atoms with Crippen molar-refractivity contribution in [2.75, 3.05) is 18.0 Å². The topological polar surface area (TPSA) is 69.6 Å². The highest BCUT2D eigenvalue weighted by Crippen LogP contribution is 2.15. The van der Waals surface area contributed by atoms with E-state index in [1.807, 2.05) is 12.1 Å². The maximum atomic E-state index is 12.1. The third-order valence-corrected chi connectivity index (χ3v) is 3.48. The van der Waals surface area contributed by atoms with Crippen LogP contribution in [0.4, 0.5) is 5.69 Å². The molecule has 1 aromatic carbocycles. The quantitative estimate of drug-likeness (QED) is 0.809. The molecule has 0 unspecified atom stereocenters. The van der Waals surface area contributed by atoms with Crippen molar-refractivity contribution in [1.29, 1.82) is 0 Å². The summed E-state index contributed by atoms with van der Waals surface area (Å²) in [6.45, 7) is 9.48. The van der Waals surface area contributed by atoms with E-state index in [1.165, 1.54) is 0 Å². The van der Waals surface area contributed by atoms with Crippen molar-refractivity contribution >= 4 is 17.6 Å². The third-order valence-electron chi connectivity index (χ3n) is 3.48. The largest absolute Gasteiger partial charge is 0.480 e. The minimum Gasteiger partial charge on any atom is -0.480 e. The van der Waals surface area contributed by atoms with E-state index in [0.717, 1.165) is 18.8 Å². The number of hydrogen-bond donors (Lipinski definition) is 2. The second-order valence-corrected chi connectivity index (χ2v) is 5.25. The first-order valence-corrected chi connectivity index (χ1v) is 7.29. The normalized spacial score (nSPS) is 12.0. The van der Waals surface area contributed by atoms with Gasteiger partial charge in [0.25, 0.3) is 5.91 Å². The molecule has 5 heteroatoms. The predicted octanol–water partition coefficient (Wildman–Crippen LogP) is 2.37. The Hall–Kier alpha value is -2.04. The molecule has 21 heavy (non-hydrogen) atoms. The number of hydrogen-bond acceptors (Lipinski definition) is 3. The van der Waals surface area contributed by atoms with Gasteiger partial charge >= 0.3 is 5.97 Å². The molecule has 0 aliphatic carbocycles. The number of carboxylic acids is 1. The van der Waals surface area contributed by atoms with Crippen LogP contribution in [0.15, 0.2) is 24.3 Å². The van der Waals surface area contributed by atoms with E-state index in [9.17, 15) is 9.59 Å². The van der Waals surface area contributed by atoms with Crippen molar-refractivity contribution in [3.63, 3.8) is 0 Å². The fourth-order valence-electron chi connectivity index (χ4n) is 2.15. The summed E-state index contributed by atoms with van der Waals surface area (Å²) in [6, 6.07) is 6.34. The highest BCUT2D eigenvalue weighted by molar-refractivity contribution is 5.96. The lowest BCUT2D eigenvalue weighted by Gasteiger charge is -2.21. The van der Waals surface area contributed by atoms with Gasteiger partial charge in [0.05, 0.1) is 0 Å². The Kier molecular flexibility index (Phi) is 6.21. The van der Waals surface area contributed by atoms with Crippen molar-refractivity contribution < 1.29 is 14.7 Å². The number of benzene rings is 1. The number of aliphatic carboxylic acids is 1. The number of carboxylic acid groups (broad SMARTS) is 1. The highest BCUT2D eigenvalue weighted by atomic mass is 16.4. The van der Waals surface area contributed by atoms with Gasteiger partial charge in [0, 0.05) is 24.3 Å². The molecule has 0 saturated heterocycles. The number of rotatable bonds is 7. The molecule has 1 amide bonds. The molecule has 0 aromatic heterocycles. The van der Waals surface area contributed by atoms with Crippen LogP contribution in [0.2, 0.25) is 0 Å². The van der Waals surface area contributed by atoms with E-state index in [0.29, 0.717) is 5.56 Å². The van der Waals surface area contributed by atoms with Crippen LogP contribution in [-0.2, 0) is 4.79 Å². The van der Waals surface area contributed by atoms with E-state index in [1.54, 1.807) is 26.0 Å². The molecule has 0 aliphatic rings. The molecule has 0 aliphatic heterocycles. The summed E-state index contributed by atoms with van der Waals surface area (Å²) >= 11 is 0. The van der Waals surface area contributed by atoms with Gasteiger partial charge < -0.3 is 15.3 Å². The fraction of sp³-hybridized carbons (Fsp3) is 0.500. The Bertz CT molecular complexity index is 479. The van der Waals surface area contributed by atoms with Crippen LogP contribution in [0, 0.1) is 5.92 Å². The second-order valence-electron chi connectivity index (χ2n) is 5.25. The molecule has 0 bridgehead atoms. The minimum absolute atomic E-state index is 0.165. The van der Waals surface area contributed by atoms with Crippen LogP contribution in [-0.4, -0.2) is 36.1 Å². The number of carbonyl (C=O) groups is 2. The molecule has 0 heterocycles. The van der Waals surface area contributed by atoms with Crippen molar-refractivity contribution in [2.45, 2.75) is 33.7 Å². The first-order chi connectivity index (χ1) is 9.90. The Balaban J connectivity index is 2.82. The summed E-state index contributed by atoms with van der Waals surface area (Å²) in [5.41, 5.74) is 1.52. The zero-order valence-electron chi connectivity index (χ0n) is 13.1. The number of amides is 1. The smallest absolute Gasteiger partial charge is 0.326 e. The second kappa shape index (κ2) is 7.67. The van der Waals surface area contributed by atoms with Gasteiger partial charge in [-0.3, -0.25) is 4.79 Å². The van der Waals surface area contributed by atoms with Gasteiger partial charge in [-0.25, -0.2) is 4.79 Å². The molecule has 2 N–H and O–H groups in total. The molecule has 116 valence electrons. The molecule has 1 atom stereocenters. The first-order valence-electron chi connectivity index (χ1n) is 7.29. The van der Waals surface area contributed by atoms with E-state index in [-0.39, 0.29) is 11.8 Å². The fourth-order valence-corrected chi connectivity index (χ4v) is 2.15. The van der Waals surface area contributed by atoms with Crippen molar-refractivity contribution in [2.24, 2.45) is 5.92 Å². The molecule has 0 spiro atoms. The van der Waals surface area contributed by atoms with Crippen LogP contribution in [0.3, 0.4) is 0 Å². The lowest BCUT2D eigenvalue weighted by molar-refractivity contribution is -0.140. The Morgan fingerprint density at radius 2 is 1.67 bits per heavy atom. The van der Waals surface area contributed by atoms with Gasteiger partial charge in [-0.1, -0.05) is 13.8 Å². The summed E-state index contributed by atoms with van der Waals surface area (Å²) in [5, 5.41) is 11.7. The van der Waals surface area contributed by atoms with Crippen molar-refractivity contribution in [3.05, 3.63) is 29.8 Å². The lowest BCUT2D eigenvalue weighted by Crippen LogP contribution is -2.44. The molecular weight excluding hydrogens is 268 g/mol. The van der Waals surface area contributed by atoms with E-state index in [2.05, 4.69) is 24.1 Å². The maximum absolute atomic E-state index is 12.1. The Labute approximate surface area is 126 Å². The van der Waals surface area contributed by atoms with Crippen LogP contribution in [0.25, 0.3) is 0 Å². The monoisotopic (exact) mass is 292 g/mol. The van der Waals surface area contributed by atoms with Crippen LogP contribution >= 0.6 is 0 Å². The summed E-state index contributed by atoms with van der Waals surface area (Å²) in [4.78, 5) is 25.4. The Morgan fingerprint density at radius 3 is 2.05 bits per heavy atom. The summed E-state index contributed by atoms with van der Waals surface area (Å²) in [6.07, 6.45) is 0. The average Bonchev–Trinajstić information content (AvgIpc) is 2.45. The van der Waals surface area contributed by atoms with Crippen LogP contribution in [0.1, 0.15) is 38.1 Å². The third kappa shape index (κ3) is 4.48. The summed E-state index contributed by atoms with van der Waals surface area (Å²) < 4.78 is 0. The SMILES string of the molecule is CCN(CC)c1ccc(C(=O)N[C@@H](C(=O)O)C(C)C)cc1. The first kappa shape index (κ1) is 17.0. The Morgan fingerprint density at radius 1 is 1.14 bits per heavy atom. The van der Waals surface area contributed by atoms with E-state index < -0.39 is 12.0 Å². The number of nitrogens with zero attached hydrogens (tertiary/aromatic N) is 1. The number of nitrogens with one attached hydrogen (secondary N) is 1. The highest BCUT2D eigenvalue weighted by Gasteiger charge is 2.23. The predicted molar refractivity (Wildman–Crippen MR) is 83.7 cm³/mol. The van der Waals surface area contributed by atoms with Gasteiger partial charge in [-0.2, -0.15) is 0 Å². The van der Waals surface area contributed by atoms with Gasteiger partial charge in [0.2, 0.25) is 0 Å². The molecule has 5 nitrogen and oxygen atoms in total. The number of carbonyl (C=O) groups excluding carboxylic acids is 1. The zero-order chi connectivity index (χ0) is 16.0. The molecule has 0 fully saturated rings. The molecular formula is C16H24N2O3. The molecule has 1 rings (SSSR count). The van der Waals surface area contributed by atoms with Gasteiger partial charge in [-0.15, -0.1) is 0 Å². The van der Waals surface area contributed by atoms with Crippen LogP contribution < -0.4 is 10.2 Å². The minimum atomic E-state index is -1.02. The lowest BCUT2D eigenvalue weighted by atomic mass is 10.0. The average molecular weight is 292 g/mol. The molecule has 1 aromatic rings. The van der Waals surface area contributed by atoms with Gasteiger partial charge in [0.1, 0.15) is 6.04 Å². The van der Waals surface area contributed by atoms with E-state index in [4.69, 9.17) is 5.11 Å². The standard InChI is InChI=1S/C16H24N2O3/c1-5-18(6-2)13-9-7-12(8-10-13)15(19)17-14(11(3)4)16(20)21/h7-11,14H,5-6H2,1-4H3,(H,17,19)(H,20,21)/t14-/m1/s1. The van der Waals surface area contributed by atoms with Gasteiger partial charge in [-0.05, 0) is 44.0 Å². The maximum Gasteiger partial charge on any atom is 0.326 e. The molecule has 0 saturated carbocycles. The zero-order valence-corrected chi connectivity index (χ0v) is 13.1. The summed E-state index contributed by atoms with van der Waals surface area (Å²) in [7, 11) is 0. The van der Waals surface area contributed by atoms with Crippen molar-refractivity contribution in [1.82, 2.24) is 5.32 Å². The van der Waals surface area contributed by atoms with Crippen molar-refractivity contribution in [3.8, 4) is 0 Å². The van der Waals surface area contributed by atoms with Gasteiger partial charge in [0.15, 0.2) is 0 Å². The summed E-state index contributed by atoms with van der Waals surface area (Å²) in [5.74, 6) is -1.54. The van der Waals surface area contributed by atoms with E-state index >= 15 is 0 Å². The number of anilines is 1.